The van der Waals surface area contributed by atoms with Gasteiger partial charge in [-0.25, -0.2) is 0 Å². The predicted molar refractivity (Wildman–Crippen MR) is 65.0 cm³/mol. The number of hydrogen-bond acceptors (Lipinski definition) is 2. The van der Waals surface area contributed by atoms with Crippen LogP contribution in [-0.4, -0.2) is 30.4 Å². The fraction of sp³-hybridized carbons (Fsp3) is 0.385. The highest BCUT2D eigenvalue weighted by Gasteiger charge is 2.13. The molecule has 85 valence electrons. The summed E-state index contributed by atoms with van der Waals surface area (Å²) < 4.78 is 0. The second-order valence-corrected chi connectivity index (χ2v) is 4.06. The molecule has 0 unspecified atom stereocenters. The van der Waals surface area contributed by atoms with Crippen LogP contribution in [-0.2, 0) is 4.79 Å². The maximum absolute atomic E-state index is 11.7. The van der Waals surface area contributed by atoms with Gasteiger partial charge in [-0.15, -0.1) is 0 Å². The van der Waals surface area contributed by atoms with Gasteiger partial charge in [-0.2, -0.15) is 0 Å². The lowest BCUT2D eigenvalue weighted by Gasteiger charge is -2.25. The Kier molecular flexibility index (Phi) is 3.94. The lowest BCUT2D eigenvalue weighted by Crippen LogP contribution is -2.36. The highest BCUT2D eigenvalue weighted by atomic mass is 16.2. The number of amides is 1. The molecule has 3 nitrogen and oxygen atoms in total. The van der Waals surface area contributed by atoms with Crippen molar-refractivity contribution in [2.24, 2.45) is 0 Å². The van der Waals surface area contributed by atoms with E-state index < -0.39 is 0 Å². The van der Waals surface area contributed by atoms with Gasteiger partial charge in [0.25, 0.3) is 0 Å². The Morgan fingerprint density at radius 1 is 1.19 bits per heavy atom. The van der Waals surface area contributed by atoms with E-state index in [-0.39, 0.29) is 5.91 Å². The Morgan fingerprint density at radius 3 is 2.56 bits per heavy atom. The number of hydrogen-bond donors (Lipinski definition) is 1. The zero-order chi connectivity index (χ0) is 11.2. The van der Waals surface area contributed by atoms with Crippen LogP contribution in [0.1, 0.15) is 12.8 Å². The number of piperidine rings is 1. The highest BCUT2D eigenvalue weighted by Crippen LogP contribution is 2.08. The summed E-state index contributed by atoms with van der Waals surface area (Å²) >= 11 is 0. The molecule has 3 heteroatoms. The summed E-state index contributed by atoms with van der Waals surface area (Å²) in [4.78, 5) is 13.9. The van der Waals surface area contributed by atoms with Crippen LogP contribution in [0.2, 0.25) is 0 Å². The van der Waals surface area contributed by atoms with Crippen LogP contribution in [0.4, 0.5) is 5.69 Å². The summed E-state index contributed by atoms with van der Waals surface area (Å²) in [5.41, 5.74) is 0.871. The van der Waals surface area contributed by atoms with E-state index in [1.807, 2.05) is 30.3 Å². The van der Waals surface area contributed by atoms with Crippen molar-refractivity contribution in [3.8, 4) is 0 Å². The molecule has 1 amide bonds. The van der Waals surface area contributed by atoms with Crippen LogP contribution in [0.5, 0.6) is 0 Å². The van der Waals surface area contributed by atoms with Gasteiger partial charge in [-0.3, -0.25) is 9.69 Å². The molecule has 1 fully saturated rings. The molecule has 1 aliphatic heterocycles. The number of carbonyl (C=O) groups excluding carboxylic acids is 1. The third kappa shape index (κ3) is 3.35. The van der Waals surface area contributed by atoms with Crippen LogP contribution in [0, 0.1) is 6.42 Å². The Bertz CT molecular complexity index is 331. The molecule has 0 saturated carbocycles. The fourth-order valence-corrected chi connectivity index (χ4v) is 1.89. The summed E-state index contributed by atoms with van der Waals surface area (Å²) in [6.45, 7) is 2.51. The average Bonchev–Trinajstić information content (AvgIpc) is 2.31. The molecular formula is C13H17N2O. The molecule has 0 aromatic heterocycles. The molecule has 1 radical (unpaired) electrons. The maximum atomic E-state index is 11.7. The molecule has 1 aromatic carbocycles. The first kappa shape index (κ1) is 11.1. The number of nitrogens with zero attached hydrogens (tertiary/aromatic N) is 1. The number of benzene rings is 1. The minimum absolute atomic E-state index is 0.0769. The zero-order valence-corrected chi connectivity index (χ0v) is 9.36. The molecule has 0 atom stereocenters. The molecule has 1 heterocycles. The molecule has 1 saturated heterocycles. The summed E-state index contributed by atoms with van der Waals surface area (Å²) in [5, 5.41) is 2.90. The van der Waals surface area contributed by atoms with Crippen LogP contribution in [0.3, 0.4) is 0 Å². The smallest absolute Gasteiger partial charge is 0.238 e. The number of anilines is 1. The van der Waals surface area contributed by atoms with Crippen molar-refractivity contribution in [2.45, 2.75) is 12.8 Å². The summed E-state index contributed by atoms with van der Waals surface area (Å²) in [6.07, 6.45) is 4.48. The minimum atomic E-state index is 0.0769. The van der Waals surface area contributed by atoms with Crippen molar-refractivity contribution in [3.63, 3.8) is 0 Å². The van der Waals surface area contributed by atoms with Gasteiger partial charge >= 0.3 is 0 Å². The summed E-state index contributed by atoms with van der Waals surface area (Å²) in [5.74, 6) is 0.0769. The summed E-state index contributed by atoms with van der Waals surface area (Å²) in [7, 11) is 0. The monoisotopic (exact) mass is 217 g/mol. The first-order valence-corrected chi connectivity index (χ1v) is 5.73. The Morgan fingerprint density at radius 2 is 1.88 bits per heavy atom. The van der Waals surface area contributed by atoms with Crippen LogP contribution >= 0.6 is 0 Å². The number of carbonyl (C=O) groups is 1. The number of rotatable bonds is 3. The Labute approximate surface area is 96.5 Å². The zero-order valence-electron chi connectivity index (χ0n) is 9.36. The van der Waals surface area contributed by atoms with Crippen molar-refractivity contribution in [3.05, 3.63) is 36.8 Å². The van der Waals surface area contributed by atoms with Gasteiger partial charge in [0.15, 0.2) is 0 Å². The first-order chi connectivity index (χ1) is 7.84. The van der Waals surface area contributed by atoms with Gasteiger partial charge < -0.3 is 5.32 Å². The molecular weight excluding hydrogens is 200 g/mol. The maximum Gasteiger partial charge on any atom is 0.238 e. The molecule has 1 aliphatic rings. The number of nitrogens with one attached hydrogen (secondary N) is 1. The van der Waals surface area contributed by atoms with Crippen LogP contribution in [0.15, 0.2) is 30.3 Å². The van der Waals surface area contributed by atoms with E-state index >= 15 is 0 Å². The highest BCUT2D eigenvalue weighted by molar-refractivity contribution is 5.92. The second-order valence-electron chi connectivity index (χ2n) is 4.06. The van der Waals surface area contributed by atoms with E-state index in [0.717, 1.165) is 31.6 Å². The van der Waals surface area contributed by atoms with E-state index in [1.54, 1.807) is 0 Å². The standard InChI is InChI=1S/C13H17N2O/c16-13(11-15-9-5-2-6-10-15)14-12-7-3-1-4-8-12/h1-4,7-8H,5-6,9-11H2,(H,14,16). The third-order valence-corrected chi connectivity index (χ3v) is 2.72. The van der Waals surface area contributed by atoms with Gasteiger partial charge in [-0.1, -0.05) is 18.2 Å². The molecule has 0 bridgehead atoms. The lowest BCUT2D eigenvalue weighted by molar-refractivity contribution is -0.117. The molecule has 1 N–H and O–H groups in total. The van der Waals surface area contributed by atoms with Crippen LogP contribution in [0.25, 0.3) is 0 Å². The average molecular weight is 217 g/mol. The molecule has 2 rings (SSSR count). The first-order valence-electron chi connectivity index (χ1n) is 5.73. The van der Waals surface area contributed by atoms with E-state index in [0.29, 0.717) is 6.54 Å². The normalized spacial score (nSPS) is 17.0. The van der Waals surface area contributed by atoms with Crippen molar-refractivity contribution in [2.75, 3.05) is 25.0 Å². The quantitative estimate of drug-likeness (QED) is 0.839. The van der Waals surface area contributed by atoms with Crippen LogP contribution < -0.4 is 5.32 Å². The molecule has 16 heavy (non-hydrogen) atoms. The third-order valence-electron chi connectivity index (χ3n) is 2.72. The Hall–Kier alpha value is -1.35. The van der Waals surface area contributed by atoms with Gasteiger partial charge in [-0.05, 0) is 44.5 Å². The van der Waals surface area contributed by atoms with Crippen molar-refractivity contribution in [1.82, 2.24) is 4.90 Å². The van der Waals surface area contributed by atoms with E-state index in [2.05, 4.69) is 16.6 Å². The van der Waals surface area contributed by atoms with E-state index in [9.17, 15) is 4.79 Å². The van der Waals surface area contributed by atoms with Crippen molar-refractivity contribution >= 4 is 11.6 Å². The van der Waals surface area contributed by atoms with Gasteiger partial charge in [0.05, 0.1) is 6.54 Å². The largest absolute Gasteiger partial charge is 0.325 e. The van der Waals surface area contributed by atoms with Gasteiger partial charge in [0.2, 0.25) is 5.91 Å². The van der Waals surface area contributed by atoms with Crippen molar-refractivity contribution in [1.29, 1.82) is 0 Å². The van der Waals surface area contributed by atoms with Gasteiger partial charge in [0, 0.05) is 5.69 Å². The SMILES string of the molecule is O=C(CN1CC[CH]CC1)Nc1ccccc1. The lowest BCUT2D eigenvalue weighted by atomic mass is 10.1. The fourth-order valence-electron chi connectivity index (χ4n) is 1.89. The topological polar surface area (TPSA) is 32.3 Å². The van der Waals surface area contributed by atoms with Crippen molar-refractivity contribution < 1.29 is 4.79 Å². The number of likely N-dealkylation sites (tertiary alicyclic amines) is 1. The molecule has 0 aliphatic carbocycles. The van der Waals surface area contributed by atoms with E-state index in [4.69, 9.17) is 0 Å². The Balaban J connectivity index is 1.80. The second kappa shape index (κ2) is 5.66. The van der Waals surface area contributed by atoms with Gasteiger partial charge in [0.1, 0.15) is 0 Å². The summed E-state index contributed by atoms with van der Waals surface area (Å²) in [6, 6.07) is 9.59. The predicted octanol–water partition coefficient (Wildman–Crippen LogP) is 1.93. The molecule has 1 aromatic rings. The minimum Gasteiger partial charge on any atom is -0.325 e. The molecule has 0 spiro atoms. The van der Waals surface area contributed by atoms with E-state index in [1.165, 1.54) is 0 Å². The number of para-hydroxylation sites is 1.